The Morgan fingerprint density at radius 3 is 2.76 bits per heavy atom. The molecule has 2 aromatic rings. The Morgan fingerprint density at radius 1 is 1.16 bits per heavy atom. The van der Waals surface area contributed by atoms with Gasteiger partial charge in [0.1, 0.15) is 0 Å². The van der Waals surface area contributed by atoms with E-state index in [9.17, 15) is 14.4 Å². The molecule has 37 heavy (non-hydrogen) atoms. The Bertz CT molecular complexity index is 1270. The summed E-state index contributed by atoms with van der Waals surface area (Å²) in [5.74, 6) is 0.827. The van der Waals surface area contributed by atoms with Crippen LogP contribution < -0.4 is 35.0 Å². The highest BCUT2D eigenvalue weighted by Crippen LogP contribution is 2.35. The third kappa shape index (κ3) is 5.92. The van der Waals surface area contributed by atoms with Gasteiger partial charge < -0.3 is 34.3 Å². The largest absolute Gasteiger partial charge is 0.493 e. The number of fused-ring (bicyclic) bond motifs is 1. The van der Waals surface area contributed by atoms with Crippen LogP contribution in [0.15, 0.2) is 52.8 Å². The van der Waals surface area contributed by atoms with E-state index in [-0.39, 0.29) is 25.6 Å². The van der Waals surface area contributed by atoms with Crippen molar-refractivity contribution in [2.45, 2.75) is 19.9 Å². The fraction of sp³-hybridized carbons (Fsp3) is 0.280. The fourth-order valence-corrected chi connectivity index (χ4v) is 3.75. The maximum atomic E-state index is 12.5. The van der Waals surface area contributed by atoms with E-state index in [1.54, 1.807) is 50.2 Å². The summed E-state index contributed by atoms with van der Waals surface area (Å²) >= 11 is 0. The van der Waals surface area contributed by atoms with Gasteiger partial charge in [-0.25, -0.2) is 15.0 Å². The van der Waals surface area contributed by atoms with Crippen LogP contribution in [0.3, 0.4) is 0 Å². The molecule has 12 heteroatoms. The average Bonchev–Trinajstić information content (AvgIpc) is 3.35. The molecule has 0 saturated carbocycles. The highest BCUT2D eigenvalue weighted by Gasteiger charge is 2.32. The molecule has 0 aliphatic carbocycles. The van der Waals surface area contributed by atoms with E-state index < -0.39 is 23.9 Å². The third-order valence-corrected chi connectivity index (χ3v) is 5.44. The van der Waals surface area contributed by atoms with Crippen LogP contribution in [0.2, 0.25) is 0 Å². The van der Waals surface area contributed by atoms with Crippen LogP contribution in [-0.4, -0.2) is 51.2 Å². The molecule has 194 valence electrons. The maximum absolute atomic E-state index is 12.5. The molecule has 2 aliphatic heterocycles. The highest BCUT2D eigenvalue weighted by atomic mass is 16.7. The summed E-state index contributed by atoms with van der Waals surface area (Å²) in [6.07, 6.45) is 1.47. The zero-order chi connectivity index (χ0) is 26.4. The first kappa shape index (κ1) is 25.4. The van der Waals surface area contributed by atoms with Gasteiger partial charge in [0.2, 0.25) is 6.79 Å². The molecule has 12 nitrogen and oxygen atoms in total. The van der Waals surface area contributed by atoms with Gasteiger partial charge in [-0.3, -0.25) is 4.79 Å². The Morgan fingerprint density at radius 2 is 1.97 bits per heavy atom. The Hall–Kier alpha value is -4.74. The van der Waals surface area contributed by atoms with Gasteiger partial charge in [0.25, 0.3) is 5.91 Å². The van der Waals surface area contributed by atoms with Gasteiger partial charge in [0.05, 0.1) is 31.5 Å². The van der Waals surface area contributed by atoms with Crippen LogP contribution in [0.5, 0.6) is 23.0 Å². The first-order valence-electron chi connectivity index (χ1n) is 11.4. The fourth-order valence-electron chi connectivity index (χ4n) is 3.75. The molecular weight excluding hydrogens is 484 g/mol. The molecule has 2 aromatic carbocycles. The molecule has 1 atom stereocenters. The van der Waals surface area contributed by atoms with Crippen LogP contribution in [0.4, 0.5) is 4.79 Å². The number of ether oxygens (including phenoxy) is 5. The molecule has 2 aliphatic rings. The van der Waals surface area contributed by atoms with Gasteiger partial charge >= 0.3 is 12.0 Å². The van der Waals surface area contributed by atoms with Crippen molar-refractivity contribution in [2.75, 3.05) is 27.1 Å². The Balaban J connectivity index is 1.40. The summed E-state index contributed by atoms with van der Waals surface area (Å²) < 4.78 is 26.7. The number of urea groups is 1. The predicted molar refractivity (Wildman–Crippen MR) is 131 cm³/mol. The standard InChI is InChI=1S/C25H26N4O8/c1-4-34-24(31)22-14(2)27-25(32)28-23(22)16-6-8-17(19(10-16)33-3)35-12-21(30)29-26-11-15-5-7-18-20(9-15)37-13-36-18/h5-11,23H,4,12-13H2,1-3H3,(H,29,30)(H2,27,28,32)/b26-11-/t23-/m0/s1. The van der Waals surface area contributed by atoms with E-state index in [0.29, 0.717) is 34.3 Å². The van der Waals surface area contributed by atoms with Crippen molar-refractivity contribution in [3.8, 4) is 23.0 Å². The third-order valence-electron chi connectivity index (χ3n) is 5.44. The van der Waals surface area contributed by atoms with E-state index in [1.807, 2.05) is 0 Å². The van der Waals surface area contributed by atoms with Gasteiger partial charge in [-0.15, -0.1) is 0 Å². The van der Waals surface area contributed by atoms with Crippen molar-refractivity contribution >= 4 is 24.1 Å². The van der Waals surface area contributed by atoms with E-state index in [4.69, 9.17) is 23.7 Å². The lowest BCUT2D eigenvalue weighted by Crippen LogP contribution is -2.45. The summed E-state index contributed by atoms with van der Waals surface area (Å²) in [6, 6.07) is 8.94. The van der Waals surface area contributed by atoms with Crippen molar-refractivity contribution in [1.29, 1.82) is 0 Å². The quantitative estimate of drug-likeness (QED) is 0.264. The number of benzene rings is 2. The minimum atomic E-state index is -0.760. The number of carbonyl (C=O) groups excluding carboxylic acids is 3. The lowest BCUT2D eigenvalue weighted by Gasteiger charge is -2.28. The van der Waals surface area contributed by atoms with Gasteiger partial charge in [-0.05, 0) is 55.3 Å². The number of nitrogens with zero attached hydrogens (tertiary/aromatic N) is 1. The van der Waals surface area contributed by atoms with Gasteiger partial charge in [0.15, 0.2) is 29.6 Å². The van der Waals surface area contributed by atoms with Crippen LogP contribution in [0, 0.1) is 0 Å². The first-order chi connectivity index (χ1) is 17.9. The number of hydrogen-bond acceptors (Lipinski definition) is 9. The van der Waals surface area contributed by atoms with E-state index >= 15 is 0 Å². The number of methoxy groups -OCH3 is 1. The average molecular weight is 511 g/mol. The highest BCUT2D eigenvalue weighted by molar-refractivity contribution is 5.95. The van der Waals surface area contributed by atoms with E-state index in [2.05, 4.69) is 21.2 Å². The number of amides is 3. The van der Waals surface area contributed by atoms with Crippen molar-refractivity contribution in [3.05, 3.63) is 58.8 Å². The second-order valence-corrected chi connectivity index (χ2v) is 7.90. The maximum Gasteiger partial charge on any atom is 0.338 e. The predicted octanol–water partition coefficient (Wildman–Crippen LogP) is 2.14. The van der Waals surface area contributed by atoms with Crippen molar-refractivity contribution in [1.82, 2.24) is 16.1 Å². The van der Waals surface area contributed by atoms with Crippen LogP contribution in [-0.2, 0) is 14.3 Å². The number of allylic oxidation sites excluding steroid dienone is 1. The zero-order valence-corrected chi connectivity index (χ0v) is 20.5. The minimum absolute atomic E-state index is 0.170. The van der Waals surface area contributed by atoms with E-state index in [1.165, 1.54) is 13.3 Å². The smallest absolute Gasteiger partial charge is 0.338 e. The molecule has 0 radical (unpaired) electrons. The van der Waals surface area contributed by atoms with Crippen LogP contribution >= 0.6 is 0 Å². The lowest BCUT2D eigenvalue weighted by atomic mass is 9.95. The van der Waals surface area contributed by atoms with E-state index in [0.717, 1.165) is 5.56 Å². The summed E-state index contributed by atoms with van der Waals surface area (Å²) in [5.41, 5.74) is 4.35. The monoisotopic (exact) mass is 510 g/mol. The Kier molecular flexibility index (Phi) is 7.77. The molecule has 0 bridgehead atoms. The Labute approximate surface area is 212 Å². The molecule has 0 unspecified atom stereocenters. The van der Waals surface area contributed by atoms with Crippen LogP contribution in [0.25, 0.3) is 0 Å². The second kappa shape index (κ2) is 11.3. The van der Waals surface area contributed by atoms with Crippen LogP contribution in [0.1, 0.15) is 31.0 Å². The molecule has 3 N–H and O–H groups in total. The second-order valence-electron chi connectivity index (χ2n) is 7.90. The normalized spacial score (nSPS) is 16.2. The number of esters is 1. The SMILES string of the molecule is CCOC(=O)C1=C(C)NC(=O)N[C@H]1c1ccc(OCC(=O)N/N=C\c2ccc3c(c2)OCO3)c(OC)c1. The summed E-state index contributed by atoms with van der Waals surface area (Å²) in [7, 11) is 1.44. The first-order valence-corrected chi connectivity index (χ1v) is 11.4. The lowest BCUT2D eigenvalue weighted by molar-refractivity contribution is -0.139. The number of hydrogen-bond donors (Lipinski definition) is 3. The zero-order valence-electron chi connectivity index (χ0n) is 20.5. The summed E-state index contributed by atoms with van der Waals surface area (Å²) in [4.78, 5) is 36.8. The molecule has 0 saturated heterocycles. The van der Waals surface area contributed by atoms with Crippen molar-refractivity contribution < 1.29 is 38.1 Å². The number of hydrazone groups is 1. The molecule has 0 aromatic heterocycles. The van der Waals surface area contributed by atoms with Gasteiger partial charge in [-0.1, -0.05) is 6.07 Å². The minimum Gasteiger partial charge on any atom is -0.493 e. The molecule has 4 rings (SSSR count). The topological polar surface area (TPSA) is 146 Å². The summed E-state index contributed by atoms with van der Waals surface area (Å²) in [6.45, 7) is 3.36. The van der Waals surface area contributed by atoms with Gasteiger partial charge in [-0.2, -0.15) is 5.10 Å². The van der Waals surface area contributed by atoms with Crippen molar-refractivity contribution in [2.24, 2.45) is 5.10 Å². The van der Waals surface area contributed by atoms with Gasteiger partial charge in [0, 0.05) is 5.70 Å². The number of nitrogens with one attached hydrogen (secondary N) is 3. The molecule has 2 heterocycles. The van der Waals surface area contributed by atoms with Crippen molar-refractivity contribution in [3.63, 3.8) is 0 Å². The summed E-state index contributed by atoms with van der Waals surface area (Å²) in [5, 5.41) is 9.23. The molecule has 0 fully saturated rings. The number of carbonyl (C=O) groups is 3. The number of rotatable bonds is 9. The molecular formula is C25H26N4O8. The molecule has 0 spiro atoms. The molecule has 3 amide bonds.